The van der Waals surface area contributed by atoms with Crippen LogP contribution < -0.4 is 5.56 Å². The molecule has 1 atom stereocenters. The Hall–Kier alpha value is -3.36. The number of aromatic nitrogens is 5. The van der Waals surface area contributed by atoms with E-state index < -0.39 is 0 Å². The lowest BCUT2D eigenvalue weighted by molar-refractivity contribution is 0.108. The lowest BCUT2D eigenvalue weighted by atomic mass is 10.0. The van der Waals surface area contributed by atoms with Crippen molar-refractivity contribution < 1.29 is 0 Å². The summed E-state index contributed by atoms with van der Waals surface area (Å²) in [6.07, 6.45) is 0. The van der Waals surface area contributed by atoms with Gasteiger partial charge in [-0.25, -0.2) is 4.68 Å². The molecule has 0 spiro atoms. The van der Waals surface area contributed by atoms with Gasteiger partial charge in [0, 0.05) is 37.3 Å². The third-order valence-corrected chi connectivity index (χ3v) is 6.52. The van der Waals surface area contributed by atoms with E-state index in [1.54, 1.807) is 0 Å². The summed E-state index contributed by atoms with van der Waals surface area (Å²) in [4.78, 5) is 21.2. The molecule has 1 saturated heterocycles. The fourth-order valence-corrected chi connectivity index (χ4v) is 4.66. The second-order valence-corrected chi connectivity index (χ2v) is 8.70. The zero-order valence-corrected chi connectivity index (χ0v) is 19.1. The number of H-pyrrole nitrogens is 1. The molecule has 170 valence electrons. The zero-order valence-electron chi connectivity index (χ0n) is 19.1. The smallest absolute Gasteiger partial charge is 0.253 e. The number of likely N-dealkylation sites (N-methyl/N-ethyl adjacent to an activating group) is 1. The summed E-state index contributed by atoms with van der Waals surface area (Å²) < 4.78 is 1.83. The van der Waals surface area contributed by atoms with Crippen molar-refractivity contribution in [2.45, 2.75) is 26.4 Å². The number of aromatic amines is 1. The van der Waals surface area contributed by atoms with E-state index in [2.05, 4.69) is 62.4 Å². The Morgan fingerprint density at radius 1 is 1.03 bits per heavy atom. The molecule has 1 N–H and O–H groups in total. The molecule has 8 heteroatoms. The van der Waals surface area contributed by atoms with Gasteiger partial charge in [-0.15, -0.1) is 5.10 Å². The number of aryl methyl sites for hydroxylation is 1. The van der Waals surface area contributed by atoms with Crippen molar-refractivity contribution >= 4 is 10.9 Å². The molecular formula is C25H29N7O. The maximum atomic E-state index is 13.3. The number of hydrogen-bond acceptors (Lipinski definition) is 6. The van der Waals surface area contributed by atoms with Gasteiger partial charge in [-0.05, 0) is 53.0 Å². The maximum absolute atomic E-state index is 13.3. The Bertz CT molecular complexity index is 1290. The Morgan fingerprint density at radius 2 is 1.82 bits per heavy atom. The number of nitrogens with one attached hydrogen (secondary N) is 1. The summed E-state index contributed by atoms with van der Waals surface area (Å²) in [5, 5.41) is 13.8. The molecule has 3 heterocycles. The van der Waals surface area contributed by atoms with Gasteiger partial charge >= 0.3 is 0 Å². The van der Waals surface area contributed by atoms with Gasteiger partial charge in [0.15, 0.2) is 5.82 Å². The standard InChI is InChI=1S/C25H29N7O/c1-3-30-11-13-31(14-12-30)23(21-16-20-15-18(2)9-10-22(20)26-25(21)33)24-27-28-29-32(24)17-19-7-5-4-6-8-19/h4-10,15-16,23H,3,11-14,17H2,1-2H3,(H,26,33). The highest BCUT2D eigenvalue weighted by Gasteiger charge is 2.32. The van der Waals surface area contributed by atoms with E-state index in [4.69, 9.17) is 0 Å². The summed E-state index contributed by atoms with van der Waals surface area (Å²) in [5.41, 5.74) is 3.70. The fourth-order valence-electron chi connectivity index (χ4n) is 4.66. The van der Waals surface area contributed by atoms with Crippen molar-refractivity contribution in [1.29, 1.82) is 0 Å². The molecule has 0 bridgehead atoms. The second-order valence-electron chi connectivity index (χ2n) is 8.70. The summed E-state index contributed by atoms with van der Waals surface area (Å²) in [5.74, 6) is 0.696. The van der Waals surface area contributed by atoms with E-state index in [0.717, 1.165) is 54.8 Å². The van der Waals surface area contributed by atoms with Crippen LogP contribution in [0.4, 0.5) is 0 Å². The fraction of sp³-hybridized carbons (Fsp3) is 0.360. The molecule has 0 saturated carbocycles. The first-order valence-corrected chi connectivity index (χ1v) is 11.5. The Morgan fingerprint density at radius 3 is 2.58 bits per heavy atom. The summed E-state index contributed by atoms with van der Waals surface area (Å²) in [6, 6.07) is 17.9. The molecule has 2 aromatic heterocycles. The number of pyridine rings is 1. The predicted molar refractivity (Wildman–Crippen MR) is 128 cm³/mol. The number of piperazine rings is 1. The monoisotopic (exact) mass is 443 g/mol. The Balaban J connectivity index is 1.60. The molecule has 0 radical (unpaired) electrons. The summed E-state index contributed by atoms with van der Waals surface area (Å²) in [7, 11) is 0. The second kappa shape index (κ2) is 9.25. The van der Waals surface area contributed by atoms with Gasteiger partial charge in [0.1, 0.15) is 6.04 Å². The minimum Gasteiger partial charge on any atom is -0.322 e. The largest absolute Gasteiger partial charge is 0.322 e. The molecule has 33 heavy (non-hydrogen) atoms. The topological polar surface area (TPSA) is 82.9 Å². The molecule has 1 unspecified atom stereocenters. The van der Waals surface area contributed by atoms with Gasteiger partial charge < -0.3 is 9.88 Å². The van der Waals surface area contributed by atoms with Crippen molar-refractivity contribution in [2.24, 2.45) is 0 Å². The lowest BCUT2D eigenvalue weighted by Gasteiger charge is -2.38. The maximum Gasteiger partial charge on any atom is 0.253 e. The molecule has 1 fully saturated rings. The van der Waals surface area contributed by atoms with Crippen LogP contribution >= 0.6 is 0 Å². The third-order valence-electron chi connectivity index (χ3n) is 6.52. The number of nitrogens with zero attached hydrogens (tertiary/aromatic N) is 6. The number of tetrazole rings is 1. The number of fused-ring (bicyclic) bond motifs is 1. The van der Waals surface area contributed by atoms with Crippen molar-refractivity contribution in [3.63, 3.8) is 0 Å². The molecule has 1 aliphatic rings. The van der Waals surface area contributed by atoms with Crippen molar-refractivity contribution in [1.82, 2.24) is 35.0 Å². The number of hydrogen-bond donors (Lipinski definition) is 1. The van der Waals surface area contributed by atoms with Gasteiger partial charge in [0.25, 0.3) is 5.56 Å². The van der Waals surface area contributed by atoms with Gasteiger partial charge in [-0.3, -0.25) is 9.69 Å². The van der Waals surface area contributed by atoms with Crippen molar-refractivity contribution in [2.75, 3.05) is 32.7 Å². The van der Waals surface area contributed by atoms with Gasteiger partial charge in [-0.1, -0.05) is 48.9 Å². The van der Waals surface area contributed by atoms with Crippen LogP contribution in [-0.4, -0.2) is 67.7 Å². The van der Waals surface area contributed by atoms with E-state index in [1.165, 1.54) is 0 Å². The predicted octanol–water partition coefficient (Wildman–Crippen LogP) is 2.60. The molecule has 0 aliphatic carbocycles. The third kappa shape index (κ3) is 4.44. The van der Waals surface area contributed by atoms with E-state index in [1.807, 2.05) is 41.1 Å². The van der Waals surface area contributed by atoms with Gasteiger partial charge in [0.2, 0.25) is 0 Å². The van der Waals surface area contributed by atoms with Crippen LogP contribution in [0.25, 0.3) is 10.9 Å². The first-order chi connectivity index (χ1) is 16.1. The van der Waals surface area contributed by atoms with E-state index in [-0.39, 0.29) is 11.6 Å². The van der Waals surface area contributed by atoms with Crippen molar-refractivity contribution in [3.8, 4) is 0 Å². The number of rotatable bonds is 6. The van der Waals surface area contributed by atoms with Crippen molar-refractivity contribution in [3.05, 3.63) is 87.5 Å². The summed E-state index contributed by atoms with van der Waals surface area (Å²) in [6.45, 7) is 9.44. The van der Waals surface area contributed by atoms with Crippen LogP contribution in [0, 0.1) is 6.92 Å². The van der Waals surface area contributed by atoms with Crippen LogP contribution in [-0.2, 0) is 6.54 Å². The lowest BCUT2D eigenvalue weighted by Crippen LogP contribution is -2.49. The van der Waals surface area contributed by atoms with Crippen LogP contribution in [0.2, 0.25) is 0 Å². The van der Waals surface area contributed by atoms with E-state index in [9.17, 15) is 4.79 Å². The highest BCUT2D eigenvalue weighted by Crippen LogP contribution is 2.28. The quantitative estimate of drug-likeness (QED) is 0.493. The Labute approximate surface area is 192 Å². The SMILES string of the molecule is CCN1CCN(C(c2cc3cc(C)ccc3[nH]c2=O)c2nnnn2Cc2ccccc2)CC1. The first kappa shape index (κ1) is 21.5. The van der Waals surface area contributed by atoms with Crippen LogP contribution in [0.1, 0.15) is 35.5 Å². The van der Waals surface area contributed by atoms with Crippen LogP contribution in [0.15, 0.2) is 59.4 Å². The highest BCUT2D eigenvalue weighted by molar-refractivity contribution is 5.79. The molecular weight excluding hydrogens is 414 g/mol. The molecule has 1 aliphatic heterocycles. The van der Waals surface area contributed by atoms with E-state index >= 15 is 0 Å². The molecule has 0 amide bonds. The zero-order chi connectivity index (χ0) is 22.8. The minimum absolute atomic E-state index is 0.0939. The normalized spacial score (nSPS) is 16.3. The van der Waals surface area contributed by atoms with Crippen LogP contribution in [0.3, 0.4) is 0 Å². The first-order valence-electron chi connectivity index (χ1n) is 11.5. The van der Waals surface area contributed by atoms with E-state index in [0.29, 0.717) is 17.9 Å². The minimum atomic E-state index is -0.323. The Kier molecular flexibility index (Phi) is 6.02. The average Bonchev–Trinajstić information content (AvgIpc) is 3.28. The average molecular weight is 444 g/mol. The molecule has 4 aromatic rings. The summed E-state index contributed by atoms with van der Waals surface area (Å²) >= 11 is 0. The van der Waals surface area contributed by atoms with Gasteiger partial charge in [-0.2, -0.15) is 0 Å². The van der Waals surface area contributed by atoms with Gasteiger partial charge in [0.05, 0.1) is 6.54 Å². The molecule has 5 rings (SSSR count). The molecule has 8 nitrogen and oxygen atoms in total. The van der Waals surface area contributed by atoms with Crippen LogP contribution in [0.5, 0.6) is 0 Å². The number of benzene rings is 2. The molecule has 2 aromatic carbocycles. The highest BCUT2D eigenvalue weighted by atomic mass is 16.1.